The van der Waals surface area contributed by atoms with Crippen LogP contribution in [0.4, 0.5) is 0 Å². The van der Waals surface area contributed by atoms with Crippen LogP contribution in [0.15, 0.2) is 53.6 Å². The number of benzene rings is 2. The van der Waals surface area contributed by atoms with Crippen molar-refractivity contribution in [3.8, 4) is 11.5 Å². The summed E-state index contributed by atoms with van der Waals surface area (Å²) in [4.78, 5) is 14.1. The van der Waals surface area contributed by atoms with Gasteiger partial charge in [0.15, 0.2) is 0 Å². The summed E-state index contributed by atoms with van der Waals surface area (Å²) in [6.45, 7) is 0. The summed E-state index contributed by atoms with van der Waals surface area (Å²) < 4.78 is 10.8. The molecule has 0 N–H and O–H groups in total. The van der Waals surface area contributed by atoms with Gasteiger partial charge < -0.3 is 9.47 Å². The average molecular weight is 445 g/mol. The van der Waals surface area contributed by atoms with Gasteiger partial charge >= 0.3 is 0 Å². The van der Waals surface area contributed by atoms with Gasteiger partial charge in [-0.15, -0.1) is 0 Å². The molecule has 1 atom stereocenters. The predicted octanol–water partition coefficient (Wildman–Crippen LogP) is 5.45. The van der Waals surface area contributed by atoms with Gasteiger partial charge in [0.05, 0.1) is 26.0 Å². The highest BCUT2D eigenvalue weighted by Crippen LogP contribution is 2.57. The van der Waals surface area contributed by atoms with E-state index in [9.17, 15) is 4.79 Å². The zero-order valence-corrected chi connectivity index (χ0v) is 19.4. The molecule has 1 heterocycles. The molecule has 5 nitrogen and oxygen atoms in total. The van der Waals surface area contributed by atoms with E-state index in [4.69, 9.17) is 14.6 Å². The van der Waals surface area contributed by atoms with Crippen LogP contribution in [0.25, 0.3) is 0 Å². The van der Waals surface area contributed by atoms with Gasteiger partial charge in [-0.1, -0.05) is 12.1 Å². The van der Waals surface area contributed by atoms with Gasteiger partial charge in [0, 0.05) is 12.3 Å². The smallest absolute Gasteiger partial charge is 0.246 e. The first-order valence-corrected chi connectivity index (χ1v) is 12.3. The number of carbonyl (C=O) groups is 1. The number of amides is 1. The Morgan fingerprint density at radius 2 is 1.55 bits per heavy atom. The molecule has 7 rings (SSSR count). The summed E-state index contributed by atoms with van der Waals surface area (Å²) >= 11 is 0. The molecule has 5 aliphatic rings. The summed E-state index contributed by atoms with van der Waals surface area (Å²) in [7, 11) is 3.36. The van der Waals surface area contributed by atoms with Crippen molar-refractivity contribution in [1.82, 2.24) is 5.01 Å². The first-order valence-electron chi connectivity index (χ1n) is 12.3. The summed E-state index contributed by atoms with van der Waals surface area (Å²) in [5.41, 5.74) is 3.09. The molecule has 33 heavy (non-hydrogen) atoms. The molecule has 0 saturated heterocycles. The SMILES string of the molecule is COc1ccc(C2=NN(C(=O)C3C4CC5CC(C4)CC3C5)[C@H](c3cccc(OC)c3)C2)cc1. The second-order valence-electron chi connectivity index (χ2n) is 10.4. The van der Waals surface area contributed by atoms with Crippen molar-refractivity contribution in [2.45, 2.75) is 44.6 Å². The molecule has 5 heteroatoms. The summed E-state index contributed by atoms with van der Waals surface area (Å²) in [6, 6.07) is 16.0. The Bertz CT molecular complexity index is 1050. The molecule has 4 bridgehead atoms. The fourth-order valence-electron chi connectivity index (χ4n) is 7.26. The molecule has 0 spiro atoms. The monoisotopic (exact) mass is 444 g/mol. The van der Waals surface area contributed by atoms with Crippen LogP contribution in [0, 0.1) is 29.6 Å². The van der Waals surface area contributed by atoms with Crippen molar-refractivity contribution >= 4 is 11.6 Å². The van der Waals surface area contributed by atoms with Gasteiger partial charge in [-0.3, -0.25) is 4.79 Å². The molecule has 4 saturated carbocycles. The molecule has 0 unspecified atom stereocenters. The summed E-state index contributed by atoms with van der Waals surface area (Å²) in [5, 5.41) is 6.81. The number of hydrogen-bond donors (Lipinski definition) is 0. The van der Waals surface area contributed by atoms with Crippen molar-refractivity contribution in [3.05, 3.63) is 59.7 Å². The lowest BCUT2D eigenvalue weighted by atomic mass is 9.51. The van der Waals surface area contributed by atoms with E-state index in [-0.39, 0.29) is 17.9 Å². The van der Waals surface area contributed by atoms with Crippen LogP contribution < -0.4 is 9.47 Å². The first-order chi connectivity index (χ1) is 16.1. The number of nitrogens with zero attached hydrogens (tertiary/aromatic N) is 2. The number of methoxy groups -OCH3 is 2. The Labute approximate surface area is 195 Å². The molecule has 1 aliphatic heterocycles. The Morgan fingerprint density at radius 1 is 0.879 bits per heavy atom. The number of carbonyl (C=O) groups excluding carboxylic acids is 1. The molecule has 0 aromatic heterocycles. The normalized spacial score (nSPS) is 32.1. The van der Waals surface area contributed by atoms with Crippen LogP contribution in [0.2, 0.25) is 0 Å². The van der Waals surface area contributed by atoms with Gasteiger partial charge in [0.25, 0.3) is 0 Å². The van der Waals surface area contributed by atoms with Crippen LogP contribution >= 0.6 is 0 Å². The quantitative estimate of drug-likeness (QED) is 0.616. The predicted molar refractivity (Wildman–Crippen MR) is 127 cm³/mol. The van der Waals surface area contributed by atoms with Gasteiger partial charge in [-0.05, 0) is 103 Å². The summed E-state index contributed by atoms with van der Waals surface area (Å²) in [6.07, 6.45) is 7.03. The topological polar surface area (TPSA) is 51.1 Å². The van der Waals surface area contributed by atoms with Gasteiger partial charge in [0.2, 0.25) is 5.91 Å². The maximum atomic E-state index is 14.1. The Hall–Kier alpha value is -2.82. The van der Waals surface area contributed by atoms with Crippen molar-refractivity contribution in [2.24, 2.45) is 34.7 Å². The van der Waals surface area contributed by atoms with Crippen LogP contribution in [0.5, 0.6) is 11.5 Å². The fraction of sp³-hybridized carbons (Fsp3) is 0.500. The van der Waals surface area contributed by atoms with Crippen LogP contribution in [-0.2, 0) is 4.79 Å². The molecule has 2 aromatic rings. The lowest BCUT2D eigenvalue weighted by Crippen LogP contribution is -2.51. The minimum atomic E-state index is -0.0955. The Morgan fingerprint density at radius 3 is 2.18 bits per heavy atom. The number of hydrogen-bond acceptors (Lipinski definition) is 4. The van der Waals surface area contributed by atoms with E-state index in [1.54, 1.807) is 14.2 Å². The average Bonchev–Trinajstić information content (AvgIpc) is 3.29. The standard InChI is InChI=1S/C28H32N2O3/c1-32-23-8-6-19(7-9-23)25-16-26(20-4-3-5-24(15-20)33-2)30(29-25)28(31)27-21-11-17-10-18(13-21)14-22(27)12-17/h3-9,15,17-18,21-22,26-27H,10-14,16H2,1-2H3/t17?,18?,21?,22?,26-,27?/m0/s1. The minimum Gasteiger partial charge on any atom is -0.497 e. The van der Waals surface area contributed by atoms with Crippen LogP contribution in [0.1, 0.15) is 55.7 Å². The van der Waals surface area contributed by atoms with E-state index in [2.05, 4.69) is 6.07 Å². The third-order valence-electron chi connectivity index (χ3n) is 8.55. The Balaban J connectivity index is 1.34. The van der Waals surface area contributed by atoms with E-state index in [0.717, 1.165) is 40.2 Å². The van der Waals surface area contributed by atoms with Gasteiger partial charge in [-0.25, -0.2) is 5.01 Å². The second-order valence-corrected chi connectivity index (χ2v) is 10.4. The molecular formula is C28H32N2O3. The lowest BCUT2D eigenvalue weighted by molar-refractivity contribution is -0.151. The van der Waals surface area contributed by atoms with E-state index in [1.165, 1.54) is 32.1 Å². The van der Waals surface area contributed by atoms with Crippen molar-refractivity contribution in [1.29, 1.82) is 0 Å². The summed E-state index contributed by atoms with van der Waals surface area (Å²) in [5.74, 6) is 4.78. The van der Waals surface area contributed by atoms with Crippen molar-refractivity contribution in [3.63, 3.8) is 0 Å². The van der Waals surface area contributed by atoms with Crippen LogP contribution in [0.3, 0.4) is 0 Å². The molecule has 2 aromatic carbocycles. The highest BCUT2D eigenvalue weighted by Gasteiger charge is 2.52. The fourth-order valence-corrected chi connectivity index (χ4v) is 7.26. The maximum absolute atomic E-state index is 14.1. The largest absolute Gasteiger partial charge is 0.497 e. The molecule has 4 aliphatic carbocycles. The highest BCUT2D eigenvalue weighted by atomic mass is 16.5. The molecule has 4 fully saturated rings. The lowest BCUT2D eigenvalue weighted by Gasteiger charge is -2.54. The second kappa shape index (κ2) is 8.19. The van der Waals surface area contributed by atoms with Crippen LogP contribution in [-0.4, -0.2) is 30.8 Å². The number of ether oxygens (including phenoxy) is 2. The molecule has 0 radical (unpaired) electrons. The van der Waals surface area contributed by atoms with Crippen molar-refractivity contribution in [2.75, 3.05) is 14.2 Å². The van der Waals surface area contributed by atoms with Gasteiger partial charge in [0.1, 0.15) is 11.5 Å². The molecular weight excluding hydrogens is 412 g/mol. The third-order valence-corrected chi connectivity index (χ3v) is 8.55. The first kappa shape index (κ1) is 20.8. The Kier molecular flexibility index (Phi) is 5.16. The minimum absolute atomic E-state index is 0.0955. The third kappa shape index (κ3) is 3.62. The molecule has 1 amide bonds. The van der Waals surface area contributed by atoms with Gasteiger partial charge in [-0.2, -0.15) is 5.10 Å². The number of hydrazone groups is 1. The molecule has 172 valence electrons. The van der Waals surface area contributed by atoms with E-state index < -0.39 is 0 Å². The van der Waals surface area contributed by atoms with E-state index in [0.29, 0.717) is 18.3 Å². The van der Waals surface area contributed by atoms with E-state index in [1.807, 2.05) is 47.5 Å². The highest BCUT2D eigenvalue weighted by molar-refractivity contribution is 6.03. The number of rotatable bonds is 5. The zero-order chi connectivity index (χ0) is 22.5. The van der Waals surface area contributed by atoms with E-state index >= 15 is 0 Å². The zero-order valence-electron chi connectivity index (χ0n) is 19.4. The van der Waals surface area contributed by atoms with Crippen molar-refractivity contribution < 1.29 is 14.3 Å². The maximum Gasteiger partial charge on any atom is 0.246 e.